The molecule has 1 saturated heterocycles. The third-order valence-electron chi connectivity index (χ3n) is 6.54. The standard InChI is InChI=1S/C26H24F2N4O6/c1-36-26(35)38-15-37-23-20(33)14-29-32-22(23)25(34)31-11-3-2-10-30(31)24(32)21(16-6-4-8-18(27)12-16)17-7-5-9-19(28)13-17/h4-9,12-14,21,24H,2-3,10-11,15H2,1H3/t24-/m0/s1. The van der Waals surface area contributed by atoms with E-state index >= 15 is 0 Å². The summed E-state index contributed by atoms with van der Waals surface area (Å²) in [5, 5.41) is 7.61. The van der Waals surface area contributed by atoms with Crippen LogP contribution in [0.5, 0.6) is 5.75 Å². The number of hydrogen-bond donors (Lipinski definition) is 0. The van der Waals surface area contributed by atoms with E-state index in [9.17, 15) is 23.2 Å². The largest absolute Gasteiger partial charge is 0.510 e. The number of hydrazine groups is 1. The second kappa shape index (κ2) is 10.6. The highest BCUT2D eigenvalue weighted by Gasteiger charge is 2.46. The van der Waals surface area contributed by atoms with Crippen LogP contribution < -0.4 is 10.2 Å². The molecule has 0 saturated carbocycles. The van der Waals surface area contributed by atoms with Gasteiger partial charge in [-0.2, -0.15) is 10.1 Å². The van der Waals surface area contributed by atoms with Gasteiger partial charge in [0.15, 0.2) is 5.69 Å². The highest BCUT2D eigenvalue weighted by Crippen LogP contribution is 2.43. The third-order valence-corrected chi connectivity index (χ3v) is 6.54. The van der Waals surface area contributed by atoms with Crippen molar-refractivity contribution in [3.8, 4) is 5.75 Å². The number of aromatic nitrogens is 2. The summed E-state index contributed by atoms with van der Waals surface area (Å²) in [6.07, 6.45) is 0.648. The van der Waals surface area contributed by atoms with Crippen molar-refractivity contribution in [1.29, 1.82) is 0 Å². The van der Waals surface area contributed by atoms with Gasteiger partial charge in [-0.25, -0.2) is 18.3 Å². The van der Waals surface area contributed by atoms with E-state index in [1.807, 2.05) is 5.01 Å². The van der Waals surface area contributed by atoms with E-state index in [2.05, 4.69) is 9.84 Å². The van der Waals surface area contributed by atoms with Gasteiger partial charge < -0.3 is 14.2 Å². The number of nitrogens with zero attached hydrogens (tertiary/aromatic N) is 4. The van der Waals surface area contributed by atoms with Crippen molar-refractivity contribution in [2.24, 2.45) is 0 Å². The Balaban J connectivity index is 1.70. The maximum atomic E-state index is 14.4. The highest BCUT2D eigenvalue weighted by molar-refractivity contribution is 5.95. The second-order valence-electron chi connectivity index (χ2n) is 8.79. The molecule has 1 amide bonds. The maximum absolute atomic E-state index is 14.4. The van der Waals surface area contributed by atoms with E-state index in [-0.39, 0.29) is 11.4 Å². The molecule has 2 aliphatic rings. The van der Waals surface area contributed by atoms with E-state index in [4.69, 9.17) is 9.47 Å². The zero-order valence-corrected chi connectivity index (χ0v) is 20.4. The fourth-order valence-electron chi connectivity index (χ4n) is 4.96. The molecule has 0 N–H and O–H groups in total. The molecule has 5 rings (SSSR count). The first-order valence-corrected chi connectivity index (χ1v) is 11.9. The van der Waals surface area contributed by atoms with Crippen LogP contribution in [0.3, 0.4) is 0 Å². The predicted molar refractivity (Wildman–Crippen MR) is 128 cm³/mol. The van der Waals surface area contributed by atoms with Gasteiger partial charge in [-0.05, 0) is 48.2 Å². The van der Waals surface area contributed by atoms with Crippen molar-refractivity contribution in [1.82, 2.24) is 19.8 Å². The fraction of sp³-hybridized carbons (Fsp3) is 0.308. The van der Waals surface area contributed by atoms with Crippen LogP contribution in [0.2, 0.25) is 0 Å². The summed E-state index contributed by atoms with van der Waals surface area (Å²) in [5.41, 5.74) is 0.175. The Hall–Kier alpha value is -4.32. The second-order valence-corrected chi connectivity index (χ2v) is 8.79. The molecule has 0 aliphatic carbocycles. The summed E-state index contributed by atoms with van der Waals surface area (Å²) < 4.78 is 44.8. The van der Waals surface area contributed by atoms with Gasteiger partial charge >= 0.3 is 6.16 Å². The van der Waals surface area contributed by atoms with Crippen molar-refractivity contribution < 1.29 is 32.6 Å². The number of hydrogen-bond acceptors (Lipinski definition) is 8. The number of amides is 1. The van der Waals surface area contributed by atoms with Crippen molar-refractivity contribution in [2.45, 2.75) is 24.9 Å². The first kappa shape index (κ1) is 25.3. The zero-order chi connectivity index (χ0) is 26.8. The molecule has 1 atom stereocenters. The molecule has 0 unspecified atom stereocenters. The van der Waals surface area contributed by atoms with E-state index in [1.54, 1.807) is 24.3 Å². The molecule has 2 aliphatic heterocycles. The zero-order valence-electron chi connectivity index (χ0n) is 20.4. The number of ether oxygens (including phenoxy) is 3. The topological polar surface area (TPSA) is 103 Å². The summed E-state index contributed by atoms with van der Waals surface area (Å²) in [4.78, 5) is 37.8. The molecule has 0 radical (unpaired) electrons. The Morgan fingerprint density at radius 3 is 2.34 bits per heavy atom. The van der Waals surface area contributed by atoms with Crippen LogP contribution in [0.4, 0.5) is 13.6 Å². The van der Waals surface area contributed by atoms with Crippen LogP contribution >= 0.6 is 0 Å². The van der Waals surface area contributed by atoms with Gasteiger partial charge in [0.2, 0.25) is 18.0 Å². The van der Waals surface area contributed by atoms with Crippen molar-refractivity contribution in [3.63, 3.8) is 0 Å². The smallest absolute Gasteiger partial charge is 0.451 e. The van der Waals surface area contributed by atoms with Crippen molar-refractivity contribution in [2.75, 3.05) is 27.0 Å². The van der Waals surface area contributed by atoms with Gasteiger partial charge in [0.1, 0.15) is 17.8 Å². The van der Waals surface area contributed by atoms with E-state index in [0.29, 0.717) is 30.6 Å². The number of benzene rings is 2. The first-order valence-electron chi connectivity index (χ1n) is 11.9. The number of carbonyl (C=O) groups is 2. The van der Waals surface area contributed by atoms with E-state index in [0.717, 1.165) is 19.7 Å². The number of fused-ring (bicyclic) bond motifs is 2. The lowest BCUT2D eigenvalue weighted by Gasteiger charge is -2.49. The SMILES string of the molecule is COC(=O)OCOc1c2n(ncc1=O)[C@@H](C(c1cccc(F)c1)c1cccc(F)c1)N1CCCCN1C2=O. The van der Waals surface area contributed by atoms with Crippen LogP contribution in [0.15, 0.2) is 59.5 Å². The average Bonchev–Trinajstić information content (AvgIpc) is 2.91. The number of halogens is 2. The molecular weight excluding hydrogens is 502 g/mol. The minimum Gasteiger partial charge on any atom is -0.451 e. The summed E-state index contributed by atoms with van der Waals surface area (Å²) in [7, 11) is 1.11. The number of methoxy groups -OCH3 is 1. The lowest BCUT2D eigenvalue weighted by molar-refractivity contribution is -0.104. The third kappa shape index (κ3) is 4.70. The van der Waals surface area contributed by atoms with Crippen LogP contribution in [-0.4, -0.2) is 58.9 Å². The molecule has 1 aromatic heterocycles. The van der Waals surface area contributed by atoms with Gasteiger partial charge in [0.05, 0.1) is 13.3 Å². The van der Waals surface area contributed by atoms with Gasteiger partial charge in [-0.3, -0.25) is 14.6 Å². The Labute approximate surface area is 215 Å². The van der Waals surface area contributed by atoms with Crippen molar-refractivity contribution >= 4 is 12.1 Å². The summed E-state index contributed by atoms with van der Waals surface area (Å²) in [5.74, 6) is -2.56. The molecule has 38 heavy (non-hydrogen) atoms. The summed E-state index contributed by atoms with van der Waals surface area (Å²) in [6.45, 7) is 0.139. The Morgan fingerprint density at radius 1 is 1.05 bits per heavy atom. The quantitative estimate of drug-likeness (QED) is 0.356. The molecular formula is C26H24F2N4O6. The molecule has 0 spiro atoms. The normalized spacial score (nSPS) is 17.1. The minimum atomic E-state index is -1.03. The molecule has 3 aromatic rings. The molecule has 12 heteroatoms. The lowest BCUT2D eigenvalue weighted by atomic mass is 9.87. The van der Waals surface area contributed by atoms with Crippen LogP contribution in [0.25, 0.3) is 0 Å². The lowest BCUT2D eigenvalue weighted by Crippen LogP contribution is -2.59. The summed E-state index contributed by atoms with van der Waals surface area (Å²) in [6, 6.07) is 11.9. The predicted octanol–water partition coefficient (Wildman–Crippen LogP) is 3.44. The Morgan fingerprint density at radius 2 is 1.71 bits per heavy atom. The number of carbonyl (C=O) groups excluding carboxylic acids is 2. The molecule has 198 valence electrons. The van der Waals surface area contributed by atoms with Crippen LogP contribution in [0, 0.1) is 11.6 Å². The Kier molecular flexibility index (Phi) is 7.05. The fourth-order valence-corrected chi connectivity index (χ4v) is 4.96. The maximum Gasteiger partial charge on any atom is 0.510 e. The minimum absolute atomic E-state index is 0.160. The molecule has 3 heterocycles. The van der Waals surface area contributed by atoms with Gasteiger partial charge in [-0.1, -0.05) is 24.3 Å². The summed E-state index contributed by atoms with van der Waals surface area (Å²) >= 11 is 0. The average molecular weight is 526 g/mol. The van der Waals surface area contributed by atoms with Crippen LogP contribution in [-0.2, 0) is 9.47 Å². The number of rotatable bonds is 6. The Bertz CT molecular complexity index is 1390. The van der Waals surface area contributed by atoms with E-state index in [1.165, 1.54) is 34.0 Å². The van der Waals surface area contributed by atoms with Gasteiger partial charge in [0, 0.05) is 19.0 Å². The van der Waals surface area contributed by atoms with Gasteiger partial charge in [-0.15, -0.1) is 0 Å². The first-order chi connectivity index (χ1) is 18.4. The monoisotopic (exact) mass is 526 g/mol. The highest BCUT2D eigenvalue weighted by atomic mass is 19.1. The van der Waals surface area contributed by atoms with Crippen molar-refractivity contribution in [3.05, 3.63) is 93.4 Å². The van der Waals surface area contributed by atoms with Crippen LogP contribution in [0.1, 0.15) is 46.5 Å². The molecule has 1 fully saturated rings. The molecule has 2 aromatic carbocycles. The van der Waals surface area contributed by atoms with E-state index < -0.39 is 48.0 Å². The molecule has 0 bridgehead atoms. The molecule has 10 nitrogen and oxygen atoms in total. The van der Waals surface area contributed by atoms with Gasteiger partial charge in [0.25, 0.3) is 5.91 Å².